The van der Waals surface area contributed by atoms with Crippen LogP contribution in [0.25, 0.3) is 0 Å². The summed E-state index contributed by atoms with van der Waals surface area (Å²) in [6.45, 7) is 2.97. The van der Waals surface area contributed by atoms with Crippen molar-refractivity contribution in [3.05, 3.63) is 35.4 Å². The Morgan fingerprint density at radius 3 is 2.78 bits per heavy atom. The van der Waals surface area contributed by atoms with Crippen molar-refractivity contribution in [2.45, 2.75) is 50.3 Å². The Hall–Kier alpha value is -0.380. The first-order valence-electron chi connectivity index (χ1n) is 6.69. The molecule has 1 aliphatic rings. The summed E-state index contributed by atoms with van der Waals surface area (Å²) in [6.07, 6.45) is 4.57. The zero-order valence-corrected chi connectivity index (χ0v) is 12.5. The second kappa shape index (κ2) is 7.27. The van der Waals surface area contributed by atoms with E-state index >= 15 is 0 Å². The number of hydrogen-bond donors (Lipinski definition) is 0. The number of benzene rings is 1. The van der Waals surface area contributed by atoms with Crippen molar-refractivity contribution in [2.24, 2.45) is 0 Å². The van der Waals surface area contributed by atoms with Gasteiger partial charge in [0.1, 0.15) is 0 Å². The molecule has 0 saturated carbocycles. The van der Waals surface area contributed by atoms with E-state index < -0.39 is 0 Å². The van der Waals surface area contributed by atoms with Gasteiger partial charge in [0, 0.05) is 11.9 Å². The standard InChI is InChI=1S/C15H21BrO2/c1-12(18-15-8-4-5-9-17-15)10-13-6-2-3-7-14(13)11-16/h2-3,6-7,12,15H,4-5,8-11H2,1H3. The first-order valence-corrected chi connectivity index (χ1v) is 7.81. The summed E-state index contributed by atoms with van der Waals surface area (Å²) in [5.41, 5.74) is 2.70. The van der Waals surface area contributed by atoms with Crippen molar-refractivity contribution < 1.29 is 9.47 Å². The van der Waals surface area contributed by atoms with Crippen LogP contribution in [0.1, 0.15) is 37.3 Å². The minimum Gasteiger partial charge on any atom is -0.353 e. The molecular weight excluding hydrogens is 292 g/mol. The molecular formula is C15H21BrO2. The van der Waals surface area contributed by atoms with E-state index in [4.69, 9.17) is 9.47 Å². The maximum absolute atomic E-state index is 5.96. The van der Waals surface area contributed by atoms with Gasteiger partial charge in [-0.1, -0.05) is 40.2 Å². The fourth-order valence-electron chi connectivity index (χ4n) is 2.32. The lowest BCUT2D eigenvalue weighted by molar-refractivity contribution is -0.183. The molecule has 0 aliphatic carbocycles. The summed E-state index contributed by atoms with van der Waals surface area (Å²) in [6, 6.07) is 8.51. The molecule has 2 atom stereocenters. The molecule has 1 fully saturated rings. The van der Waals surface area contributed by atoms with Crippen LogP contribution in [0.4, 0.5) is 0 Å². The second-order valence-electron chi connectivity index (χ2n) is 4.85. The Kier molecular flexibility index (Phi) is 5.67. The fourth-order valence-corrected chi connectivity index (χ4v) is 2.87. The smallest absolute Gasteiger partial charge is 0.157 e. The van der Waals surface area contributed by atoms with Crippen LogP contribution in [0, 0.1) is 0 Å². The van der Waals surface area contributed by atoms with E-state index in [-0.39, 0.29) is 12.4 Å². The summed E-state index contributed by atoms with van der Waals surface area (Å²) < 4.78 is 11.6. The van der Waals surface area contributed by atoms with Gasteiger partial charge in [-0.05, 0) is 43.7 Å². The number of halogens is 1. The maximum atomic E-state index is 5.96. The highest BCUT2D eigenvalue weighted by Gasteiger charge is 2.17. The largest absolute Gasteiger partial charge is 0.353 e. The lowest BCUT2D eigenvalue weighted by Crippen LogP contribution is -2.27. The molecule has 1 aromatic carbocycles. The Bertz CT molecular complexity index is 361. The molecule has 1 aliphatic heterocycles. The quantitative estimate of drug-likeness (QED) is 0.763. The first kappa shape index (κ1) is 14.0. The molecule has 0 N–H and O–H groups in total. The van der Waals surface area contributed by atoms with Crippen molar-refractivity contribution in [3.63, 3.8) is 0 Å². The fraction of sp³-hybridized carbons (Fsp3) is 0.600. The first-order chi connectivity index (χ1) is 8.79. The van der Waals surface area contributed by atoms with E-state index in [0.717, 1.165) is 24.8 Å². The van der Waals surface area contributed by atoms with Gasteiger partial charge in [-0.3, -0.25) is 0 Å². The Balaban J connectivity index is 1.87. The molecule has 2 unspecified atom stereocenters. The predicted octanol–water partition coefficient (Wildman–Crippen LogP) is 4.06. The molecule has 2 nitrogen and oxygen atoms in total. The van der Waals surface area contributed by atoms with E-state index in [1.165, 1.54) is 24.0 Å². The highest BCUT2D eigenvalue weighted by atomic mass is 79.9. The average molecular weight is 313 g/mol. The number of rotatable bonds is 5. The van der Waals surface area contributed by atoms with Crippen molar-refractivity contribution in [2.75, 3.05) is 6.61 Å². The van der Waals surface area contributed by atoms with Crippen molar-refractivity contribution >= 4 is 15.9 Å². The normalized spacial score (nSPS) is 21.8. The van der Waals surface area contributed by atoms with Crippen LogP contribution >= 0.6 is 15.9 Å². The molecule has 0 spiro atoms. The maximum Gasteiger partial charge on any atom is 0.157 e. The van der Waals surface area contributed by atoms with Gasteiger partial charge < -0.3 is 9.47 Å². The highest BCUT2D eigenvalue weighted by molar-refractivity contribution is 9.08. The molecule has 100 valence electrons. The van der Waals surface area contributed by atoms with Crippen LogP contribution in [-0.2, 0) is 21.2 Å². The number of alkyl halides is 1. The van der Waals surface area contributed by atoms with E-state index in [1.54, 1.807) is 0 Å². The zero-order chi connectivity index (χ0) is 12.8. The van der Waals surface area contributed by atoms with Gasteiger partial charge in [-0.25, -0.2) is 0 Å². The van der Waals surface area contributed by atoms with Crippen LogP contribution in [-0.4, -0.2) is 19.0 Å². The third-order valence-corrected chi connectivity index (χ3v) is 3.90. The van der Waals surface area contributed by atoms with Gasteiger partial charge in [-0.15, -0.1) is 0 Å². The topological polar surface area (TPSA) is 18.5 Å². The Morgan fingerprint density at radius 2 is 2.11 bits per heavy atom. The van der Waals surface area contributed by atoms with Crippen LogP contribution < -0.4 is 0 Å². The second-order valence-corrected chi connectivity index (χ2v) is 5.41. The average Bonchev–Trinajstić information content (AvgIpc) is 2.40. The van der Waals surface area contributed by atoms with Crippen LogP contribution in [0.3, 0.4) is 0 Å². The summed E-state index contributed by atoms with van der Waals surface area (Å²) in [4.78, 5) is 0. The minimum absolute atomic E-state index is 0.00452. The van der Waals surface area contributed by atoms with Gasteiger partial charge in [0.25, 0.3) is 0 Å². The Labute approximate surface area is 118 Å². The van der Waals surface area contributed by atoms with Crippen molar-refractivity contribution in [1.82, 2.24) is 0 Å². The molecule has 2 rings (SSSR count). The van der Waals surface area contributed by atoms with Gasteiger partial charge in [0.05, 0.1) is 6.10 Å². The van der Waals surface area contributed by atoms with E-state index in [9.17, 15) is 0 Å². The molecule has 1 saturated heterocycles. The predicted molar refractivity (Wildman–Crippen MR) is 76.9 cm³/mol. The molecule has 1 aromatic rings. The summed E-state index contributed by atoms with van der Waals surface area (Å²) in [5.74, 6) is 0. The van der Waals surface area contributed by atoms with Crippen LogP contribution in [0.5, 0.6) is 0 Å². The van der Waals surface area contributed by atoms with E-state index in [0.29, 0.717) is 0 Å². The molecule has 0 bridgehead atoms. The third-order valence-electron chi connectivity index (χ3n) is 3.29. The minimum atomic E-state index is 0.00452. The number of hydrogen-bond acceptors (Lipinski definition) is 2. The molecule has 18 heavy (non-hydrogen) atoms. The molecule has 0 radical (unpaired) electrons. The van der Waals surface area contributed by atoms with Crippen LogP contribution in [0.2, 0.25) is 0 Å². The molecule has 0 aromatic heterocycles. The summed E-state index contributed by atoms with van der Waals surface area (Å²) in [7, 11) is 0. The van der Waals surface area contributed by atoms with Crippen LogP contribution in [0.15, 0.2) is 24.3 Å². The number of ether oxygens (including phenoxy) is 2. The SMILES string of the molecule is CC(Cc1ccccc1CBr)OC1CCCCO1. The molecule has 1 heterocycles. The van der Waals surface area contributed by atoms with Gasteiger partial charge in [-0.2, -0.15) is 0 Å². The summed E-state index contributed by atoms with van der Waals surface area (Å²) >= 11 is 3.53. The van der Waals surface area contributed by atoms with E-state index in [2.05, 4.69) is 47.1 Å². The monoisotopic (exact) mass is 312 g/mol. The zero-order valence-electron chi connectivity index (χ0n) is 10.9. The lowest BCUT2D eigenvalue weighted by atomic mass is 10.0. The molecule has 0 amide bonds. The van der Waals surface area contributed by atoms with Crippen molar-refractivity contribution in [1.29, 1.82) is 0 Å². The van der Waals surface area contributed by atoms with Gasteiger partial charge in [0.2, 0.25) is 0 Å². The highest BCUT2D eigenvalue weighted by Crippen LogP contribution is 2.19. The molecule has 3 heteroatoms. The Morgan fingerprint density at radius 1 is 1.33 bits per heavy atom. The van der Waals surface area contributed by atoms with Gasteiger partial charge >= 0.3 is 0 Å². The van der Waals surface area contributed by atoms with Gasteiger partial charge in [0.15, 0.2) is 6.29 Å². The van der Waals surface area contributed by atoms with E-state index in [1.807, 2.05) is 0 Å². The van der Waals surface area contributed by atoms with Crippen molar-refractivity contribution in [3.8, 4) is 0 Å². The lowest BCUT2D eigenvalue weighted by Gasteiger charge is -2.26. The third kappa shape index (κ3) is 4.08. The summed E-state index contributed by atoms with van der Waals surface area (Å²) in [5, 5.41) is 0.899.